The number of hydrogen-bond donors (Lipinski definition) is 2. The molecule has 6 heteroatoms. The van der Waals surface area contributed by atoms with Crippen LogP contribution in [0.1, 0.15) is 40.1 Å². The molecule has 3 rings (SSSR count). The lowest BCUT2D eigenvalue weighted by atomic mass is 10.1. The maximum Gasteiger partial charge on any atom is 0.255 e. The Labute approximate surface area is 179 Å². The van der Waals surface area contributed by atoms with Crippen molar-refractivity contribution in [2.75, 3.05) is 5.32 Å². The quantitative estimate of drug-likeness (QED) is 0.494. The van der Waals surface area contributed by atoms with Crippen LogP contribution < -0.4 is 10.6 Å². The summed E-state index contributed by atoms with van der Waals surface area (Å²) in [5.74, 6) is -0.854. The molecule has 4 nitrogen and oxygen atoms in total. The van der Waals surface area contributed by atoms with E-state index in [-0.39, 0.29) is 11.8 Å². The minimum Gasteiger partial charge on any atom is -0.348 e. The number of rotatable bonds is 7. The average Bonchev–Trinajstić information content (AvgIpc) is 2.73. The molecule has 0 saturated heterocycles. The minimum absolute atomic E-state index is 0.139. The van der Waals surface area contributed by atoms with Crippen LogP contribution in [0.3, 0.4) is 0 Å². The monoisotopic (exact) mass is 422 g/mol. The van der Waals surface area contributed by atoms with Gasteiger partial charge in [0.2, 0.25) is 0 Å². The summed E-state index contributed by atoms with van der Waals surface area (Å²) in [5, 5.41) is 6.11. The van der Waals surface area contributed by atoms with Crippen molar-refractivity contribution >= 4 is 29.3 Å². The van der Waals surface area contributed by atoms with Gasteiger partial charge in [-0.2, -0.15) is 0 Å². The van der Waals surface area contributed by atoms with Gasteiger partial charge in [-0.15, -0.1) is 11.8 Å². The highest BCUT2D eigenvalue weighted by atomic mass is 32.2. The van der Waals surface area contributed by atoms with Gasteiger partial charge in [0.05, 0.1) is 5.56 Å². The first-order valence-electron chi connectivity index (χ1n) is 9.62. The van der Waals surface area contributed by atoms with Gasteiger partial charge in [-0.05, 0) is 54.1 Å². The molecule has 30 heavy (non-hydrogen) atoms. The summed E-state index contributed by atoms with van der Waals surface area (Å²) in [4.78, 5) is 25.9. The number of nitrogens with one attached hydrogen (secondary N) is 2. The van der Waals surface area contributed by atoms with Gasteiger partial charge >= 0.3 is 0 Å². The van der Waals surface area contributed by atoms with Gasteiger partial charge < -0.3 is 10.6 Å². The lowest BCUT2D eigenvalue weighted by molar-refractivity contribution is 0.0947. The summed E-state index contributed by atoms with van der Waals surface area (Å²) in [6, 6.07) is 20.2. The smallest absolute Gasteiger partial charge is 0.255 e. The van der Waals surface area contributed by atoms with Crippen LogP contribution in [-0.2, 0) is 6.54 Å². The van der Waals surface area contributed by atoms with Crippen molar-refractivity contribution in [1.29, 1.82) is 0 Å². The number of carbonyl (C=O) groups excluding carboxylic acids is 2. The SMILES string of the molecule is CC(C)Sc1ccccc1C(=O)NCc1cccc(NC(=O)c2ccc(F)cc2)c1. The molecular weight excluding hydrogens is 399 g/mol. The molecule has 0 saturated carbocycles. The Balaban J connectivity index is 1.64. The van der Waals surface area contributed by atoms with Gasteiger partial charge in [0.1, 0.15) is 5.82 Å². The van der Waals surface area contributed by atoms with Crippen molar-refractivity contribution < 1.29 is 14.0 Å². The molecule has 0 atom stereocenters. The second-order valence-corrected chi connectivity index (χ2v) is 8.63. The van der Waals surface area contributed by atoms with Gasteiger partial charge in [0.25, 0.3) is 11.8 Å². The van der Waals surface area contributed by atoms with Crippen LogP contribution in [0.15, 0.2) is 77.7 Å². The highest BCUT2D eigenvalue weighted by molar-refractivity contribution is 8.00. The van der Waals surface area contributed by atoms with Crippen molar-refractivity contribution in [2.24, 2.45) is 0 Å². The summed E-state index contributed by atoms with van der Waals surface area (Å²) in [5.41, 5.74) is 2.48. The van der Waals surface area contributed by atoms with Crippen molar-refractivity contribution in [1.82, 2.24) is 5.32 Å². The Kier molecular flexibility index (Phi) is 7.25. The Morgan fingerprint density at radius 1 is 0.933 bits per heavy atom. The third-order valence-corrected chi connectivity index (χ3v) is 5.32. The molecule has 0 bridgehead atoms. The van der Waals surface area contributed by atoms with E-state index in [4.69, 9.17) is 0 Å². The fraction of sp³-hybridized carbons (Fsp3) is 0.167. The number of thioether (sulfide) groups is 1. The van der Waals surface area contributed by atoms with Crippen LogP contribution in [0.25, 0.3) is 0 Å². The zero-order valence-corrected chi connectivity index (χ0v) is 17.6. The molecule has 0 spiro atoms. The summed E-state index contributed by atoms with van der Waals surface area (Å²) in [6.07, 6.45) is 0. The average molecular weight is 423 g/mol. The molecule has 0 radical (unpaired) electrons. The fourth-order valence-electron chi connectivity index (χ4n) is 2.85. The number of halogens is 1. The zero-order valence-electron chi connectivity index (χ0n) is 16.8. The first-order valence-corrected chi connectivity index (χ1v) is 10.5. The standard InChI is InChI=1S/C24H23FN2O2S/c1-16(2)30-22-9-4-3-8-21(22)24(29)26-15-17-6-5-7-20(14-17)27-23(28)18-10-12-19(25)13-11-18/h3-14,16H,15H2,1-2H3,(H,26,29)(H,27,28). The normalized spacial score (nSPS) is 10.7. The van der Waals surface area contributed by atoms with Gasteiger partial charge in [0.15, 0.2) is 0 Å². The Morgan fingerprint density at radius 2 is 1.67 bits per heavy atom. The van der Waals surface area contributed by atoms with Gasteiger partial charge in [-0.3, -0.25) is 9.59 Å². The molecule has 3 aromatic carbocycles. The number of benzene rings is 3. The third kappa shape index (κ3) is 5.94. The minimum atomic E-state index is -0.391. The van der Waals surface area contributed by atoms with E-state index in [2.05, 4.69) is 24.5 Å². The van der Waals surface area contributed by atoms with E-state index in [1.807, 2.05) is 36.4 Å². The Morgan fingerprint density at radius 3 is 2.40 bits per heavy atom. The number of anilines is 1. The van der Waals surface area contributed by atoms with Gasteiger partial charge in [0, 0.05) is 27.9 Å². The molecule has 0 unspecified atom stereocenters. The molecule has 0 aliphatic carbocycles. The maximum absolute atomic E-state index is 13.0. The van der Waals surface area contributed by atoms with E-state index in [1.54, 1.807) is 23.9 Å². The van der Waals surface area contributed by atoms with Crippen LogP contribution >= 0.6 is 11.8 Å². The van der Waals surface area contributed by atoms with E-state index < -0.39 is 5.82 Å². The molecular formula is C24H23FN2O2S. The lowest BCUT2D eigenvalue weighted by Crippen LogP contribution is -2.23. The topological polar surface area (TPSA) is 58.2 Å². The molecule has 0 heterocycles. The van der Waals surface area contributed by atoms with E-state index >= 15 is 0 Å². The second kappa shape index (κ2) is 10.1. The summed E-state index contributed by atoms with van der Waals surface area (Å²) in [7, 11) is 0. The number of amides is 2. The molecule has 3 aromatic rings. The summed E-state index contributed by atoms with van der Waals surface area (Å²) >= 11 is 1.65. The molecule has 0 aliphatic rings. The fourth-order valence-corrected chi connectivity index (χ4v) is 3.80. The predicted molar refractivity (Wildman–Crippen MR) is 119 cm³/mol. The van der Waals surface area contributed by atoms with E-state index in [9.17, 15) is 14.0 Å². The number of hydrogen-bond acceptors (Lipinski definition) is 3. The van der Waals surface area contributed by atoms with E-state index in [0.29, 0.717) is 28.6 Å². The highest BCUT2D eigenvalue weighted by Gasteiger charge is 2.12. The zero-order chi connectivity index (χ0) is 21.5. The number of carbonyl (C=O) groups is 2. The first-order chi connectivity index (χ1) is 14.4. The largest absolute Gasteiger partial charge is 0.348 e. The van der Waals surface area contributed by atoms with Crippen LogP contribution in [0, 0.1) is 5.82 Å². The Bertz CT molecular complexity index is 1040. The lowest BCUT2D eigenvalue weighted by Gasteiger charge is -2.12. The van der Waals surface area contributed by atoms with Gasteiger partial charge in [-0.25, -0.2) is 4.39 Å². The molecule has 2 N–H and O–H groups in total. The van der Waals surface area contributed by atoms with Crippen molar-refractivity contribution in [2.45, 2.75) is 30.5 Å². The van der Waals surface area contributed by atoms with E-state index in [0.717, 1.165) is 10.5 Å². The summed E-state index contributed by atoms with van der Waals surface area (Å²) < 4.78 is 13.0. The molecule has 2 amide bonds. The second-order valence-electron chi connectivity index (χ2n) is 7.01. The third-order valence-electron chi connectivity index (χ3n) is 4.24. The maximum atomic E-state index is 13.0. The molecule has 0 fully saturated rings. The van der Waals surface area contributed by atoms with Crippen LogP contribution in [0.5, 0.6) is 0 Å². The van der Waals surface area contributed by atoms with Crippen LogP contribution in [-0.4, -0.2) is 17.1 Å². The molecule has 0 aliphatic heterocycles. The van der Waals surface area contributed by atoms with Crippen molar-refractivity contribution in [3.05, 3.63) is 95.3 Å². The van der Waals surface area contributed by atoms with Crippen LogP contribution in [0.2, 0.25) is 0 Å². The van der Waals surface area contributed by atoms with Crippen LogP contribution in [0.4, 0.5) is 10.1 Å². The predicted octanol–water partition coefficient (Wildman–Crippen LogP) is 5.51. The Hall–Kier alpha value is -3.12. The van der Waals surface area contributed by atoms with Crippen molar-refractivity contribution in [3.63, 3.8) is 0 Å². The van der Waals surface area contributed by atoms with Crippen molar-refractivity contribution in [3.8, 4) is 0 Å². The molecule has 154 valence electrons. The molecule has 0 aromatic heterocycles. The van der Waals surface area contributed by atoms with E-state index in [1.165, 1.54) is 24.3 Å². The van der Waals surface area contributed by atoms with Gasteiger partial charge in [-0.1, -0.05) is 38.1 Å². The highest BCUT2D eigenvalue weighted by Crippen LogP contribution is 2.26. The summed E-state index contributed by atoms with van der Waals surface area (Å²) in [6.45, 7) is 4.51. The first kappa shape index (κ1) is 21.6.